The third kappa shape index (κ3) is 26.3. The summed E-state index contributed by atoms with van der Waals surface area (Å²) in [7, 11) is 0. The fraction of sp³-hybridized carbons (Fsp3) is 0.250. The minimum Gasteiger partial charge on any atom is -0.541 e. The minimum atomic E-state index is 0. The summed E-state index contributed by atoms with van der Waals surface area (Å²) in [6.45, 7) is 3.29. The van der Waals surface area contributed by atoms with Crippen LogP contribution in [-0.2, 0) is 21.6 Å². The Morgan fingerprint density at radius 1 is 1.50 bits per heavy atom. The van der Waals surface area contributed by atoms with E-state index in [0.29, 0.717) is 6.42 Å². The largest absolute Gasteiger partial charge is 0.541 e. The molecule has 0 aliphatic heterocycles. The standard InChI is InChI=1S/C4H5O.Co.2HI/c1-2-3-4-5;;;/h2H,1,3H2;;2*1H/q-1;;;. The van der Waals surface area contributed by atoms with Crippen LogP contribution < -0.4 is 0 Å². The number of allylic oxidation sites excluding steroid dienone is 1. The molecule has 0 rings (SSSR count). The van der Waals surface area contributed by atoms with E-state index in [-0.39, 0.29) is 64.7 Å². The Hall–Kier alpha value is 1.38. The molecule has 8 heavy (non-hydrogen) atoms. The Bertz CT molecular complexity index is 43.3. The van der Waals surface area contributed by atoms with Crippen molar-refractivity contribution in [1.82, 2.24) is 0 Å². The van der Waals surface area contributed by atoms with Gasteiger partial charge < -0.3 is 4.79 Å². The Morgan fingerprint density at radius 3 is 1.88 bits per heavy atom. The van der Waals surface area contributed by atoms with Gasteiger partial charge in [-0.1, -0.05) is 0 Å². The van der Waals surface area contributed by atoms with Gasteiger partial charge in [0, 0.05) is 16.8 Å². The van der Waals surface area contributed by atoms with Crippen LogP contribution in [0.4, 0.5) is 0 Å². The molecule has 0 N–H and O–H groups in total. The van der Waals surface area contributed by atoms with Crippen molar-refractivity contribution in [1.29, 1.82) is 0 Å². The molecular weight excluding hydrogens is 377 g/mol. The van der Waals surface area contributed by atoms with Gasteiger partial charge in [-0.05, 0) is 0 Å². The van der Waals surface area contributed by atoms with Gasteiger partial charge in [-0.2, -0.15) is 0 Å². The molecule has 0 aromatic heterocycles. The van der Waals surface area contributed by atoms with Gasteiger partial charge >= 0.3 is 0 Å². The molecule has 0 amide bonds. The second kappa shape index (κ2) is 23.8. The number of hydrogen-bond donors (Lipinski definition) is 0. The van der Waals surface area contributed by atoms with Gasteiger partial charge in [-0.15, -0.1) is 67.0 Å². The molecule has 0 spiro atoms. The van der Waals surface area contributed by atoms with Gasteiger partial charge in [-0.3, -0.25) is 6.29 Å². The van der Waals surface area contributed by atoms with E-state index in [9.17, 15) is 4.79 Å². The van der Waals surface area contributed by atoms with Gasteiger partial charge in [0.05, 0.1) is 0 Å². The van der Waals surface area contributed by atoms with Crippen LogP contribution in [0.3, 0.4) is 0 Å². The van der Waals surface area contributed by atoms with Crippen molar-refractivity contribution in [3.8, 4) is 0 Å². The molecule has 0 fully saturated rings. The van der Waals surface area contributed by atoms with Crippen molar-refractivity contribution in [2.75, 3.05) is 0 Å². The maximum atomic E-state index is 9.21. The number of rotatable bonds is 2. The van der Waals surface area contributed by atoms with Crippen molar-refractivity contribution in [2.24, 2.45) is 0 Å². The molecule has 0 aliphatic carbocycles. The molecule has 0 saturated heterocycles. The molecule has 0 aliphatic rings. The minimum absolute atomic E-state index is 0. The molecule has 4 heteroatoms. The first kappa shape index (κ1) is 22.8. The Labute approximate surface area is 93.9 Å². The van der Waals surface area contributed by atoms with Crippen molar-refractivity contribution in [3.63, 3.8) is 0 Å². The van der Waals surface area contributed by atoms with Crippen LogP contribution >= 0.6 is 48.0 Å². The van der Waals surface area contributed by atoms with Crippen LogP contribution in [0.1, 0.15) is 6.42 Å². The summed E-state index contributed by atoms with van der Waals surface area (Å²) in [6, 6.07) is 0. The van der Waals surface area contributed by atoms with E-state index in [2.05, 4.69) is 6.58 Å². The first-order chi connectivity index (χ1) is 2.41. The first-order valence-corrected chi connectivity index (χ1v) is 1.37. The fourth-order valence-electron chi connectivity index (χ4n) is 0.0589. The molecule has 53 valence electrons. The molecule has 0 bridgehead atoms. The average Bonchev–Trinajstić information content (AvgIpc) is 1.41. The van der Waals surface area contributed by atoms with Crippen LogP contribution in [-0.4, -0.2) is 6.29 Å². The van der Waals surface area contributed by atoms with Gasteiger partial charge in [0.25, 0.3) is 0 Å². The summed E-state index contributed by atoms with van der Waals surface area (Å²) in [5, 5.41) is 0. The SMILES string of the molecule is C=CC[C-]=O.I.I.[Co]. The predicted octanol–water partition coefficient (Wildman–Crippen LogP) is 1.91. The molecular formula is C4H7CoI2O-. The van der Waals surface area contributed by atoms with Crippen LogP contribution in [0.2, 0.25) is 0 Å². The van der Waals surface area contributed by atoms with E-state index < -0.39 is 0 Å². The zero-order valence-electron chi connectivity index (χ0n) is 4.05. The second-order valence-electron chi connectivity index (χ2n) is 0.637. The summed E-state index contributed by atoms with van der Waals surface area (Å²) >= 11 is 0. The maximum absolute atomic E-state index is 9.21. The summed E-state index contributed by atoms with van der Waals surface area (Å²) in [5.74, 6) is 0. The van der Waals surface area contributed by atoms with Crippen LogP contribution in [0.25, 0.3) is 0 Å². The van der Waals surface area contributed by atoms with Crippen molar-refractivity contribution in [3.05, 3.63) is 12.7 Å². The predicted molar refractivity (Wildman–Crippen MR) is 51.3 cm³/mol. The van der Waals surface area contributed by atoms with Crippen LogP contribution in [0.15, 0.2) is 12.7 Å². The Morgan fingerprint density at radius 2 is 1.88 bits per heavy atom. The summed E-state index contributed by atoms with van der Waals surface area (Å²) < 4.78 is 0. The molecule has 1 nitrogen and oxygen atoms in total. The van der Waals surface area contributed by atoms with Crippen LogP contribution in [0.5, 0.6) is 0 Å². The van der Waals surface area contributed by atoms with Crippen molar-refractivity contribution in [2.45, 2.75) is 6.42 Å². The number of hydrogen-bond acceptors (Lipinski definition) is 1. The summed E-state index contributed by atoms with van der Waals surface area (Å²) in [5.41, 5.74) is 0. The average molecular weight is 384 g/mol. The van der Waals surface area contributed by atoms with Gasteiger partial charge in [0.2, 0.25) is 0 Å². The topological polar surface area (TPSA) is 17.1 Å². The molecule has 0 saturated carbocycles. The van der Waals surface area contributed by atoms with E-state index in [1.165, 1.54) is 6.08 Å². The smallest absolute Gasteiger partial charge is 0 e. The number of halogens is 2. The third-order valence-electron chi connectivity index (χ3n) is 0.228. The normalized spacial score (nSPS) is 4.00. The van der Waals surface area contributed by atoms with Crippen molar-refractivity contribution < 1.29 is 21.6 Å². The molecule has 0 atom stereocenters. The van der Waals surface area contributed by atoms with Crippen molar-refractivity contribution >= 4 is 54.2 Å². The Balaban J connectivity index is -0.0000000267. The van der Waals surface area contributed by atoms with E-state index in [1.807, 2.05) is 0 Å². The zero-order chi connectivity index (χ0) is 4.12. The quantitative estimate of drug-likeness (QED) is 0.404. The van der Waals surface area contributed by atoms with E-state index in [4.69, 9.17) is 0 Å². The second-order valence-corrected chi connectivity index (χ2v) is 0.637. The van der Waals surface area contributed by atoms with Gasteiger partial charge in [-0.25, -0.2) is 0 Å². The molecule has 0 aromatic carbocycles. The molecule has 0 aromatic rings. The van der Waals surface area contributed by atoms with Gasteiger partial charge in [0.1, 0.15) is 0 Å². The molecule has 0 unspecified atom stereocenters. The zero-order valence-corrected chi connectivity index (χ0v) is 9.75. The van der Waals surface area contributed by atoms with E-state index in [0.717, 1.165) is 0 Å². The molecule has 1 radical (unpaired) electrons. The van der Waals surface area contributed by atoms with Gasteiger partial charge in [0.15, 0.2) is 0 Å². The monoisotopic (exact) mass is 384 g/mol. The van der Waals surface area contributed by atoms with E-state index >= 15 is 0 Å². The first-order valence-electron chi connectivity index (χ1n) is 1.37. The van der Waals surface area contributed by atoms with E-state index in [1.54, 1.807) is 6.29 Å². The molecule has 0 heterocycles. The van der Waals surface area contributed by atoms with Crippen LogP contribution in [0, 0.1) is 0 Å². The Kier molecular flexibility index (Phi) is 67.7. The number of carbonyl (C=O) groups excluding carboxylic acids is 1. The fourth-order valence-corrected chi connectivity index (χ4v) is 0.0589. The summed E-state index contributed by atoms with van der Waals surface area (Å²) in [4.78, 5) is 9.21. The maximum Gasteiger partial charge on any atom is 0 e. The summed E-state index contributed by atoms with van der Waals surface area (Å²) in [6.07, 6.45) is 3.50. The third-order valence-corrected chi connectivity index (χ3v) is 0.228.